The first-order chi connectivity index (χ1) is 9.29. The van der Waals surface area contributed by atoms with Crippen LogP contribution in [0.5, 0.6) is 0 Å². The van der Waals surface area contributed by atoms with Crippen LogP contribution in [0, 0.1) is 0 Å². The number of hydrogen-bond donors (Lipinski definition) is 0. The molecule has 98 valence electrons. The van der Waals surface area contributed by atoms with Gasteiger partial charge in [0.05, 0.1) is 0 Å². The van der Waals surface area contributed by atoms with Crippen LogP contribution in [-0.2, 0) is 5.33 Å². The highest BCUT2D eigenvalue weighted by Gasteiger charge is 2.23. The zero-order valence-corrected chi connectivity index (χ0v) is 12.6. The van der Waals surface area contributed by atoms with Gasteiger partial charge in [-0.2, -0.15) is 0 Å². The fourth-order valence-corrected chi connectivity index (χ4v) is 2.97. The predicted molar refractivity (Wildman–Crippen MR) is 83.3 cm³/mol. The molecule has 0 fully saturated rings. The smallest absolute Gasteiger partial charge is 0.132 e. The maximum atomic E-state index is 4.59. The summed E-state index contributed by atoms with van der Waals surface area (Å²) in [5, 5.41) is 0.855. The normalized spacial score (nSPS) is 18.2. The number of anilines is 2. The van der Waals surface area contributed by atoms with Crippen LogP contribution in [0.3, 0.4) is 0 Å². The van der Waals surface area contributed by atoms with Gasteiger partial charge in [-0.3, -0.25) is 0 Å². The van der Waals surface area contributed by atoms with Crippen molar-refractivity contribution in [2.75, 3.05) is 11.4 Å². The molecule has 3 heteroatoms. The van der Waals surface area contributed by atoms with Crippen molar-refractivity contribution in [3.05, 3.63) is 53.7 Å². The highest BCUT2D eigenvalue weighted by molar-refractivity contribution is 9.08. The Morgan fingerprint density at radius 2 is 2.11 bits per heavy atom. The Bertz CT molecular complexity index is 565. The first-order valence-corrected chi connectivity index (χ1v) is 7.79. The van der Waals surface area contributed by atoms with Crippen molar-refractivity contribution in [2.24, 2.45) is 0 Å². The van der Waals surface area contributed by atoms with E-state index in [-0.39, 0.29) is 0 Å². The van der Waals surface area contributed by atoms with E-state index in [1.165, 1.54) is 23.2 Å². The molecule has 0 N–H and O–H groups in total. The molecule has 3 rings (SSSR count). The van der Waals surface area contributed by atoms with Gasteiger partial charge < -0.3 is 4.90 Å². The van der Waals surface area contributed by atoms with E-state index < -0.39 is 0 Å². The quantitative estimate of drug-likeness (QED) is 0.751. The van der Waals surface area contributed by atoms with Crippen molar-refractivity contribution in [1.29, 1.82) is 0 Å². The molecule has 2 aromatic rings. The van der Waals surface area contributed by atoms with Crippen LogP contribution in [0.1, 0.15) is 30.4 Å². The van der Waals surface area contributed by atoms with Crippen LogP contribution in [0.4, 0.5) is 11.5 Å². The van der Waals surface area contributed by atoms with Gasteiger partial charge in [-0.05, 0) is 35.6 Å². The molecule has 2 heterocycles. The van der Waals surface area contributed by atoms with Gasteiger partial charge in [-0.15, -0.1) is 0 Å². The molecule has 1 aliphatic heterocycles. The number of benzene rings is 1. The molecule has 1 atom stereocenters. The van der Waals surface area contributed by atoms with Crippen LogP contribution >= 0.6 is 15.9 Å². The minimum absolute atomic E-state index is 0.634. The van der Waals surface area contributed by atoms with Gasteiger partial charge in [0.15, 0.2) is 0 Å². The Labute approximate surface area is 122 Å². The Morgan fingerprint density at radius 3 is 2.84 bits per heavy atom. The number of pyridine rings is 1. The molecule has 1 aliphatic rings. The standard InChI is InChI=1S/C16H17BrN2/c1-12-8-9-19(15-5-3-2-4-14(12)15)16-7-6-13(10-17)11-18-16/h2-7,11-12H,8-10H2,1H3. The van der Waals surface area contributed by atoms with E-state index >= 15 is 0 Å². The molecule has 0 amide bonds. The van der Waals surface area contributed by atoms with Gasteiger partial charge in [0.1, 0.15) is 5.82 Å². The lowest BCUT2D eigenvalue weighted by atomic mass is 9.91. The highest BCUT2D eigenvalue weighted by atomic mass is 79.9. The number of rotatable bonds is 2. The number of hydrogen-bond acceptors (Lipinski definition) is 2. The van der Waals surface area contributed by atoms with E-state index in [0.29, 0.717) is 5.92 Å². The number of fused-ring (bicyclic) bond motifs is 1. The van der Waals surface area contributed by atoms with E-state index in [9.17, 15) is 0 Å². The number of para-hydroxylation sites is 1. The van der Waals surface area contributed by atoms with Crippen molar-refractivity contribution < 1.29 is 0 Å². The third-order valence-electron chi connectivity index (χ3n) is 3.78. The third-order valence-corrected chi connectivity index (χ3v) is 4.43. The molecular weight excluding hydrogens is 300 g/mol. The van der Waals surface area contributed by atoms with Gasteiger partial charge in [-0.25, -0.2) is 4.98 Å². The second-order valence-electron chi connectivity index (χ2n) is 5.06. The second kappa shape index (κ2) is 5.33. The van der Waals surface area contributed by atoms with Crippen LogP contribution in [0.25, 0.3) is 0 Å². The van der Waals surface area contributed by atoms with Crippen LogP contribution < -0.4 is 4.90 Å². The number of alkyl halides is 1. The summed E-state index contributed by atoms with van der Waals surface area (Å²) in [6.45, 7) is 3.34. The molecule has 0 aliphatic carbocycles. The summed E-state index contributed by atoms with van der Waals surface area (Å²) < 4.78 is 0. The molecule has 0 saturated heterocycles. The molecule has 0 spiro atoms. The summed E-state index contributed by atoms with van der Waals surface area (Å²) in [7, 11) is 0. The highest BCUT2D eigenvalue weighted by Crippen LogP contribution is 2.38. The molecule has 0 bridgehead atoms. The number of halogens is 1. The average Bonchev–Trinajstić information content (AvgIpc) is 2.48. The van der Waals surface area contributed by atoms with E-state index in [1.807, 2.05) is 6.20 Å². The number of nitrogens with zero attached hydrogens (tertiary/aromatic N) is 2. The van der Waals surface area contributed by atoms with Crippen molar-refractivity contribution >= 4 is 27.4 Å². The Hall–Kier alpha value is -1.35. The second-order valence-corrected chi connectivity index (χ2v) is 5.62. The number of aromatic nitrogens is 1. The maximum Gasteiger partial charge on any atom is 0.132 e. The lowest BCUT2D eigenvalue weighted by molar-refractivity contribution is 0.646. The molecule has 0 saturated carbocycles. The summed E-state index contributed by atoms with van der Waals surface area (Å²) in [6, 6.07) is 12.9. The van der Waals surface area contributed by atoms with E-state index in [4.69, 9.17) is 0 Å². The molecule has 19 heavy (non-hydrogen) atoms. The van der Waals surface area contributed by atoms with Gasteiger partial charge in [0, 0.05) is 23.8 Å². The van der Waals surface area contributed by atoms with Crippen LogP contribution in [-0.4, -0.2) is 11.5 Å². The summed E-state index contributed by atoms with van der Waals surface area (Å²) in [4.78, 5) is 6.92. The summed E-state index contributed by atoms with van der Waals surface area (Å²) in [5.74, 6) is 1.68. The van der Waals surface area contributed by atoms with Crippen LogP contribution in [0.2, 0.25) is 0 Å². The fraction of sp³-hybridized carbons (Fsp3) is 0.312. The first-order valence-electron chi connectivity index (χ1n) is 6.67. The topological polar surface area (TPSA) is 16.1 Å². The van der Waals surface area contributed by atoms with Crippen LogP contribution in [0.15, 0.2) is 42.6 Å². The Morgan fingerprint density at radius 1 is 1.26 bits per heavy atom. The third kappa shape index (κ3) is 2.39. The van der Waals surface area contributed by atoms with E-state index in [0.717, 1.165) is 17.7 Å². The lowest BCUT2D eigenvalue weighted by Crippen LogP contribution is -2.26. The maximum absolute atomic E-state index is 4.59. The van der Waals surface area contributed by atoms with E-state index in [1.54, 1.807) is 0 Å². The Balaban J connectivity index is 1.99. The summed E-state index contributed by atoms with van der Waals surface area (Å²) in [6.07, 6.45) is 3.13. The molecule has 0 radical (unpaired) electrons. The zero-order valence-electron chi connectivity index (χ0n) is 11.0. The lowest BCUT2D eigenvalue weighted by Gasteiger charge is -2.33. The van der Waals surface area contributed by atoms with Crippen molar-refractivity contribution in [3.8, 4) is 0 Å². The predicted octanol–water partition coefficient (Wildman–Crippen LogP) is 4.62. The minimum Gasteiger partial charge on any atom is -0.326 e. The first kappa shape index (κ1) is 12.7. The SMILES string of the molecule is CC1CCN(c2ccc(CBr)cn2)c2ccccc21. The Kier molecular flexibility index (Phi) is 3.56. The molecule has 1 aromatic carbocycles. The molecular formula is C16H17BrN2. The fourth-order valence-electron chi connectivity index (χ4n) is 2.64. The average molecular weight is 317 g/mol. The minimum atomic E-state index is 0.634. The summed E-state index contributed by atoms with van der Waals surface area (Å²) >= 11 is 3.46. The van der Waals surface area contributed by atoms with Crippen molar-refractivity contribution in [1.82, 2.24) is 4.98 Å². The van der Waals surface area contributed by atoms with Crippen molar-refractivity contribution in [2.45, 2.75) is 24.6 Å². The van der Waals surface area contributed by atoms with Gasteiger partial charge >= 0.3 is 0 Å². The van der Waals surface area contributed by atoms with Gasteiger partial charge in [0.2, 0.25) is 0 Å². The zero-order chi connectivity index (χ0) is 13.2. The molecule has 1 aromatic heterocycles. The van der Waals surface area contributed by atoms with Gasteiger partial charge in [-0.1, -0.05) is 47.1 Å². The van der Waals surface area contributed by atoms with Crippen molar-refractivity contribution in [3.63, 3.8) is 0 Å². The monoisotopic (exact) mass is 316 g/mol. The summed E-state index contributed by atoms with van der Waals surface area (Å²) in [5.41, 5.74) is 3.95. The largest absolute Gasteiger partial charge is 0.326 e. The molecule has 1 unspecified atom stereocenters. The van der Waals surface area contributed by atoms with Gasteiger partial charge in [0.25, 0.3) is 0 Å². The van der Waals surface area contributed by atoms with E-state index in [2.05, 4.69) is 69.1 Å². The molecule has 2 nitrogen and oxygen atoms in total.